The number of hydrogen-bond acceptors (Lipinski definition) is 2. The highest BCUT2D eigenvalue weighted by atomic mass is 19.1. The van der Waals surface area contributed by atoms with Crippen LogP contribution >= 0.6 is 0 Å². The first-order valence-electron chi connectivity index (χ1n) is 6.66. The van der Waals surface area contributed by atoms with Gasteiger partial charge in [0.15, 0.2) is 0 Å². The molecule has 3 rings (SSSR count). The molecule has 4 heteroatoms. The SMILES string of the molecule is Fc1ccc(CN2CCN(c3cc[nH]c3)CC2)cc1. The minimum absolute atomic E-state index is 0.166. The van der Waals surface area contributed by atoms with Gasteiger partial charge in [0.1, 0.15) is 5.82 Å². The van der Waals surface area contributed by atoms with Gasteiger partial charge in [-0.1, -0.05) is 12.1 Å². The van der Waals surface area contributed by atoms with Crippen LogP contribution in [0.15, 0.2) is 42.7 Å². The number of rotatable bonds is 3. The number of nitrogens with one attached hydrogen (secondary N) is 1. The average Bonchev–Trinajstić information content (AvgIpc) is 2.96. The molecule has 2 aromatic rings. The number of halogens is 1. The molecule has 2 heterocycles. The van der Waals surface area contributed by atoms with E-state index in [-0.39, 0.29) is 5.82 Å². The molecule has 0 saturated carbocycles. The van der Waals surface area contributed by atoms with Crippen LogP contribution in [0, 0.1) is 5.82 Å². The molecule has 0 spiro atoms. The Morgan fingerprint density at radius 3 is 2.37 bits per heavy atom. The third kappa shape index (κ3) is 2.96. The van der Waals surface area contributed by atoms with E-state index >= 15 is 0 Å². The lowest BCUT2D eigenvalue weighted by Gasteiger charge is -2.35. The summed E-state index contributed by atoms with van der Waals surface area (Å²) < 4.78 is 12.9. The summed E-state index contributed by atoms with van der Waals surface area (Å²) in [7, 11) is 0. The molecule has 1 saturated heterocycles. The molecule has 0 bridgehead atoms. The van der Waals surface area contributed by atoms with Gasteiger partial charge in [-0.2, -0.15) is 0 Å². The van der Waals surface area contributed by atoms with Gasteiger partial charge in [-0.3, -0.25) is 4.90 Å². The molecule has 1 aliphatic heterocycles. The van der Waals surface area contributed by atoms with Crippen molar-refractivity contribution in [2.75, 3.05) is 31.1 Å². The van der Waals surface area contributed by atoms with E-state index in [1.807, 2.05) is 24.5 Å². The Morgan fingerprint density at radius 2 is 1.74 bits per heavy atom. The quantitative estimate of drug-likeness (QED) is 0.915. The van der Waals surface area contributed by atoms with Crippen LogP contribution in [0.3, 0.4) is 0 Å². The van der Waals surface area contributed by atoms with E-state index in [1.165, 1.54) is 23.4 Å². The second-order valence-electron chi connectivity index (χ2n) is 4.96. The van der Waals surface area contributed by atoms with Gasteiger partial charge in [0.05, 0.1) is 5.69 Å². The maximum atomic E-state index is 12.9. The lowest BCUT2D eigenvalue weighted by Crippen LogP contribution is -2.45. The van der Waals surface area contributed by atoms with Crippen molar-refractivity contribution in [2.24, 2.45) is 0 Å². The van der Waals surface area contributed by atoms with E-state index in [0.29, 0.717) is 0 Å². The third-order valence-corrected chi connectivity index (χ3v) is 3.64. The van der Waals surface area contributed by atoms with E-state index in [4.69, 9.17) is 0 Å². The Morgan fingerprint density at radius 1 is 1.00 bits per heavy atom. The molecule has 19 heavy (non-hydrogen) atoms. The molecule has 3 nitrogen and oxygen atoms in total. The zero-order chi connectivity index (χ0) is 13.1. The van der Waals surface area contributed by atoms with Crippen LogP contribution in [0.5, 0.6) is 0 Å². The van der Waals surface area contributed by atoms with E-state index in [1.54, 1.807) is 0 Å². The Kier molecular flexibility index (Phi) is 3.51. The first-order chi connectivity index (χ1) is 9.31. The van der Waals surface area contributed by atoms with Crippen molar-refractivity contribution in [1.29, 1.82) is 0 Å². The van der Waals surface area contributed by atoms with Crippen molar-refractivity contribution in [3.63, 3.8) is 0 Å². The molecular weight excluding hydrogens is 241 g/mol. The molecule has 1 fully saturated rings. The summed E-state index contributed by atoms with van der Waals surface area (Å²) in [6, 6.07) is 8.91. The monoisotopic (exact) mass is 259 g/mol. The van der Waals surface area contributed by atoms with Gasteiger partial charge < -0.3 is 9.88 Å². The number of anilines is 1. The van der Waals surface area contributed by atoms with Crippen LogP contribution in [0.2, 0.25) is 0 Å². The summed E-state index contributed by atoms with van der Waals surface area (Å²) in [4.78, 5) is 7.89. The Bertz CT molecular complexity index is 499. The number of piperazine rings is 1. The standard InChI is InChI=1S/C15H18FN3/c16-14-3-1-13(2-4-14)12-18-7-9-19(10-8-18)15-5-6-17-11-15/h1-6,11,17H,7-10,12H2. The molecule has 1 aromatic heterocycles. The van der Waals surface area contributed by atoms with Crippen LogP contribution in [0.25, 0.3) is 0 Å². The number of hydrogen-bond donors (Lipinski definition) is 1. The van der Waals surface area contributed by atoms with Crippen LogP contribution in [0.4, 0.5) is 10.1 Å². The summed E-state index contributed by atoms with van der Waals surface area (Å²) >= 11 is 0. The number of nitrogens with zero attached hydrogens (tertiary/aromatic N) is 2. The summed E-state index contributed by atoms with van der Waals surface area (Å²) in [5, 5.41) is 0. The zero-order valence-electron chi connectivity index (χ0n) is 10.8. The number of aromatic amines is 1. The van der Waals surface area contributed by atoms with Gasteiger partial charge in [0.25, 0.3) is 0 Å². The largest absolute Gasteiger partial charge is 0.368 e. The van der Waals surface area contributed by atoms with Crippen LogP contribution in [0.1, 0.15) is 5.56 Å². The molecule has 0 amide bonds. The molecule has 0 atom stereocenters. The molecule has 1 aromatic carbocycles. The maximum Gasteiger partial charge on any atom is 0.123 e. The second-order valence-corrected chi connectivity index (χ2v) is 4.96. The minimum atomic E-state index is -0.166. The number of benzene rings is 1. The van der Waals surface area contributed by atoms with Crippen molar-refractivity contribution >= 4 is 5.69 Å². The van der Waals surface area contributed by atoms with Crippen LogP contribution < -0.4 is 4.90 Å². The summed E-state index contributed by atoms with van der Waals surface area (Å²) in [5.41, 5.74) is 2.44. The summed E-state index contributed by atoms with van der Waals surface area (Å²) in [6.07, 6.45) is 4.00. The minimum Gasteiger partial charge on any atom is -0.368 e. The van der Waals surface area contributed by atoms with Crippen molar-refractivity contribution in [3.05, 3.63) is 54.1 Å². The molecule has 0 radical (unpaired) electrons. The molecule has 0 aliphatic carbocycles. The highest BCUT2D eigenvalue weighted by molar-refractivity contribution is 5.44. The topological polar surface area (TPSA) is 22.3 Å². The Labute approximate surface area is 112 Å². The molecule has 0 unspecified atom stereocenters. The normalized spacial score (nSPS) is 16.8. The summed E-state index contributed by atoms with van der Waals surface area (Å²) in [5.74, 6) is -0.166. The first kappa shape index (κ1) is 12.2. The van der Waals surface area contributed by atoms with Gasteiger partial charge in [0, 0.05) is 45.1 Å². The van der Waals surface area contributed by atoms with E-state index in [9.17, 15) is 4.39 Å². The maximum absolute atomic E-state index is 12.9. The highest BCUT2D eigenvalue weighted by Crippen LogP contribution is 2.16. The molecule has 1 aliphatic rings. The summed E-state index contributed by atoms with van der Waals surface area (Å²) in [6.45, 7) is 5.07. The Hall–Kier alpha value is -1.81. The lowest BCUT2D eigenvalue weighted by atomic mass is 10.2. The van der Waals surface area contributed by atoms with Crippen molar-refractivity contribution in [2.45, 2.75) is 6.54 Å². The van der Waals surface area contributed by atoms with Crippen LogP contribution in [-0.4, -0.2) is 36.1 Å². The number of H-pyrrole nitrogens is 1. The predicted octanol–water partition coefficient (Wildman–Crippen LogP) is 2.48. The van der Waals surface area contributed by atoms with Gasteiger partial charge in [-0.25, -0.2) is 4.39 Å². The molecule has 100 valence electrons. The van der Waals surface area contributed by atoms with E-state index in [2.05, 4.69) is 20.9 Å². The molecular formula is C15H18FN3. The van der Waals surface area contributed by atoms with E-state index in [0.717, 1.165) is 32.7 Å². The fraction of sp³-hybridized carbons (Fsp3) is 0.333. The smallest absolute Gasteiger partial charge is 0.123 e. The first-order valence-corrected chi connectivity index (χ1v) is 6.66. The van der Waals surface area contributed by atoms with Gasteiger partial charge >= 0.3 is 0 Å². The molecule has 1 N–H and O–H groups in total. The lowest BCUT2D eigenvalue weighted by molar-refractivity contribution is 0.250. The third-order valence-electron chi connectivity index (χ3n) is 3.64. The second kappa shape index (κ2) is 5.45. The fourth-order valence-electron chi connectivity index (χ4n) is 2.52. The van der Waals surface area contributed by atoms with Gasteiger partial charge in [0.2, 0.25) is 0 Å². The Balaban J connectivity index is 1.54. The van der Waals surface area contributed by atoms with Gasteiger partial charge in [-0.15, -0.1) is 0 Å². The fourth-order valence-corrected chi connectivity index (χ4v) is 2.52. The highest BCUT2D eigenvalue weighted by Gasteiger charge is 2.17. The predicted molar refractivity (Wildman–Crippen MR) is 74.7 cm³/mol. The van der Waals surface area contributed by atoms with Crippen molar-refractivity contribution in [3.8, 4) is 0 Å². The van der Waals surface area contributed by atoms with Gasteiger partial charge in [-0.05, 0) is 23.8 Å². The van der Waals surface area contributed by atoms with E-state index < -0.39 is 0 Å². The zero-order valence-corrected chi connectivity index (χ0v) is 10.8. The number of aromatic nitrogens is 1. The van der Waals surface area contributed by atoms with Crippen LogP contribution in [-0.2, 0) is 6.54 Å². The van der Waals surface area contributed by atoms with Crippen molar-refractivity contribution in [1.82, 2.24) is 9.88 Å². The van der Waals surface area contributed by atoms with Crippen molar-refractivity contribution < 1.29 is 4.39 Å². The average molecular weight is 259 g/mol.